The Labute approximate surface area is 130 Å². The van der Waals surface area contributed by atoms with Crippen molar-refractivity contribution < 1.29 is 9.21 Å². The summed E-state index contributed by atoms with van der Waals surface area (Å²) in [6.07, 6.45) is 3.12. The van der Waals surface area contributed by atoms with Crippen LogP contribution in [0.2, 0.25) is 0 Å². The number of alkyl halides is 1. The lowest BCUT2D eigenvalue weighted by Gasteiger charge is -2.33. The molecule has 2 heterocycles. The maximum absolute atomic E-state index is 11.9. The van der Waals surface area contributed by atoms with Crippen LogP contribution in [-0.2, 0) is 4.79 Å². The molecule has 2 atom stereocenters. The van der Waals surface area contributed by atoms with E-state index in [1.807, 2.05) is 4.90 Å². The van der Waals surface area contributed by atoms with E-state index in [1.165, 1.54) is 0 Å². The van der Waals surface area contributed by atoms with Crippen LogP contribution in [0, 0.1) is 5.41 Å². The second-order valence-electron chi connectivity index (χ2n) is 6.69. The van der Waals surface area contributed by atoms with Gasteiger partial charge in [-0.25, -0.2) is 0 Å². The molecule has 1 aliphatic heterocycles. The van der Waals surface area contributed by atoms with Gasteiger partial charge in [-0.3, -0.25) is 4.79 Å². The normalized spacial score (nSPS) is 25.4. The number of halogens is 1. The van der Waals surface area contributed by atoms with Crippen LogP contribution < -0.4 is 0 Å². The van der Waals surface area contributed by atoms with Crippen molar-refractivity contribution in [3.63, 3.8) is 0 Å². The molecule has 2 aliphatic rings. The molecular weight excluding hydrogens is 290 g/mol. The zero-order valence-electron chi connectivity index (χ0n) is 12.8. The number of aromatic nitrogens is 2. The van der Waals surface area contributed by atoms with Gasteiger partial charge in [-0.05, 0) is 31.6 Å². The van der Waals surface area contributed by atoms with Crippen molar-refractivity contribution >= 4 is 17.5 Å². The summed E-state index contributed by atoms with van der Waals surface area (Å²) in [6.45, 7) is 7.42. The number of hydrogen-bond donors (Lipinski definition) is 0. The maximum Gasteiger partial charge on any atom is 0.240 e. The minimum Gasteiger partial charge on any atom is -0.425 e. The van der Waals surface area contributed by atoms with Crippen LogP contribution in [-0.4, -0.2) is 39.5 Å². The van der Waals surface area contributed by atoms with E-state index in [0.29, 0.717) is 5.92 Å². The molecule has 2 fully saturated rings. The monoisotopic (exact) mass is 311 g/mol. The zero-order chi connectivity index (χ0) is 15.2. The van der Waals surface area contributed by atoms with E-state index in [1.54, 1.807) is 6.92 Å². The number of carbonyl (C=O) groups is 1. The molecule has 6 heteroatoms. The Balaban J connectivity index is 1.61. The van der Waals surface area contributed by atoms with Gasteiger partial charge in [0, 0.05) is 24.9 Å². The number of nitrogens with zero attached hydrogens (tertiary/aromatic N) is 3. The molecule has 2 unspecified atom stereocenters. The van der Waals surface area contributed by atoms with Gasteiger partial charge in [0.15, 0.2) is 0 Å². The third-order valence-electron chi connectivity index (χ3n) is 4.85. The van der Waals surface area contributed by atoms with Gasteiger partial charge in [0.25, 0.3) is 0 Å². The van der Waals surface area contributed by atoms with Crippen LogP contribution in [0.1, 0.15) is 63.7 Å². The molecule has 1 saturated carbocycles. The van der Waals surface area contributed by atoms with E-state index in [2.05, 4.69) is 24.0 Å². The van der Waals surface area contributed by atoms with Crippen LogP contribution >= 0.6 is 11.6 Å². The van der Waals surface area contributed by atoms with E-state index in [4.69, 9.17) is 16.0 Å². The molecule has 0 radical (unpaired) electrons. The average Bonchev–Trinajstić information content (AvgIpc) is 2.93. The molecule has 0 bridgehead atoms. The number of rotatable bonds is 3. The lowest BCUT2D eigenvalue weighted by Crippen LogP contribution is -2.42. The molecule has 116 valence electrons. The second-order valence-corrected chi connectivity index (χ2v) is 7.35. The summed E-state index contributed by atoms with van der Waals surface area (Å²) < 4.78 is 5.79. The van der Waals surface area contributed by atoms with Crippen molar-refractivity contribution in [1.29, 1.82) is 0 Å². The third-order valence-corrected chi connectivity index (χ3v) is 5.04. The van der Waals surface area contributed by atoms with Crippen LogP contribution in [0.5, 0.6) is 0 Å². The fourth-order valence-electron chi connectivity index (χ4n) is 3.29. The summed E-state index contributed by atoms with van der Waals surface area (Å²) in [5.74, 6) is 2.19. The van der Waals surface area contributed by atoms with Gasteiger partial charge in [-0.15, -0.1) is 21.8 Å². The van der Waals surface area contributed by atoms with Crippen molar-refractivity contribution in [3.8, 4) is 0 Å². The molecule has 1 spiro atoms. The topological polar surface area (TPSA) is 59.2 Å². The highest BCUT2D eigenvalue weighted by Crippen LogP contribution is 2.64. The number of likely N-dealkylation sites (tertiary alicyclic amines) is 1. The maximum atomic E-state index is 11.9. The molecule has 3 rings (SSSR count). The Morgan fingerprint density at radius 3 is 2.52 bits per heavy atom. The molecule has 5 nitrogen and oxygen atoms in total. The van der Waals surface area contributed by atoms with Gasteiger partial charge in [0.05, 0.1) is 0 Å². The largest absolute Gasteiger partial charge is 0.425 e. The predicted octanol–water partition coefficient (Wildman–Crippen LogP) is 2.92. The molecule has 1 aliphatic carbocycles. The molecule has 1 aromatic heterocycles. The van der Waals surface area contributed by atoms with Crippen LogP contribution in [0.15, 0.2) is 4.42 Å². The highest BCUT2D eigenvalue weighted by molar-refractivity contribution is 6.30. The lowest BCUT2D eigenvalue weighted by atomic mass is 9.90. The standard InChI is InChI=1S/C15H22ClN3O2/c1-9(2)12-17-18-13(21-12)11-8-15(11)4-6-19(7-5-15)14(20)10(3)16/h9-11H,4-8H2,1-3H3. The van der Waals surface area contributed by atoms with Gasteiger partial charge in [0.2, 0.25) is 17.7 Å². The second kappa shape index (κ2) is 5.27. The Morgan fingerprint density at radius 1 is 1.33 bits per heavy atom. The lowest BCUT2D eigenvalue weighted by molar-refractivity contribution is -0.132. The van der Waals surface area contributed by atoms with E-state index in [9.17, 15) is 4.79 Å². The van der Waals surface area contributed by atoms with E-state index in [-0.39, 0.29) is 17.2 Å². The Kier molecular flexibility index (Phi) is 3.72. The first kappa shape index (κ1) is 14.8. The van der Waals surface area contributed by atoms with Crippen LogP contribution in [0.3, 0.4) is 0 Å². The predicted molar refractivity (Wildman–Crippen MR) is 79.3 cm³/mol. The summed E-state index contributed by atoms with van der Waals surface area (Å²) >= 11 is 5.88. The van der Waals surface area contributed by atoms with Crippen LogP contribution in [0.25, 0.3) is 0 Å². The van der Waals surface area contributed by atoms with Gasteiger partial charge in [0.1, 0.15) is 5.38 Å². The van der Waals surface area contributed by atoms with Crippen molar-refractivity contribution in [2.45, 2.75) is 57.2 Å². The fraction of sp³-hybridized carbons (Fsp3) is 0.800. The molecule has 0 N–H and O–H groups in total. The summed E-state index contributed by atoms with van der Waals surface area (Å²) in [6, 6.07) is 0. The fourth-order valence-corrected chi connectivity index (χ4v) is 3.43. The Bertz CT molecular complexity index is 533. The van der Waals surface area contributed by atoms with Crippen molar-refractivity contribution in [2.24, 2.45) is 5.41 Å². The van der Waals surface area contributed by atoms with E-state index in [0.717, 1.165) is 44.1 Å². The van der Waals surface area contributed by atoms with E-state index < -0.39 is 5.38 Å². The summed E-state index contributed by atoms with van der Waals surface area (Å²) in [5.41, 5.74) is 0.271. The molecule has 1 aromatic rings. The van der Waals surface area contributed by atoms with Crippen molar-refractivity contribution in [1.82, 2.24) is 15.1 Å². The highest BCUT2D eigenvalue weighted by Gasteiger charge is 2.58. The molecule has 1 amide bonds. The first-order chi connectivity index (χ1) is 9.93. The highest BCUT2D eigenvalue weighted by atomic mass is 35.5. The Hall–Kier alpha value is -1.10. The van der Waals surface area contributed by atoms with E-state index >= 15 is 0 Å². The van der Waals surface area contributed by atoms with Crippen LogP contribution in [0.4, 0.5) is 0 Å². The minimum atomic E-state index is -0.432. The molecular formula is C15H22ClN3O2. The van der Waals surface area contributed by atoms with Gasteiger partial charge < -0.3 is 9.32 Å². The SMILES string of the molecule is CC(Cl)C(=O)N1CCC2(CC1)CC2c1nnc(C(C)C)o1. The summed E-state index contributed by atoms with van der Waals surface area (Å²) in [4.78, 5) is 13.8. The van der Waals surface area contributed by atoms with Gasteiger partial charge in [-0.2, -0.15) is 0 Å². The first-order valence-corrected chi connectivity index (χ1v) is 8.13. The summed E-state index contributed by atoms with van der Waals surface area (Å²) in [7, 11) is 0. The van der Waals surface area contributed by atoms with Gasteiger partial charge in [-0.1, -0.05) is 13.8 Å². The number of hydrogen-bond acceptors (Lipinski definition) is 4. The summed E-state index contributed by atoms with van der Waals surface area (Å²) in [5, 5.41) is 7.90. The number of piperidine rings is 1. The molecule has 21 heavy (non-hydrogen) atoms. The van der Waals surface area contributed by atoms with Crippen molar-refractivity contribution in [3.05, 3.63) is 11.8 Å². The third kappa shape index (κ3) is 2.68. The van der Waals surface area contributed by atoms with Crippen molar-refractivity contribution in [2.75, 3.05) is 13.1 Å². The minimum absolute atomic E-state index is 0.0450. The number of carbonyl (C=O) groups excluding carboxylic acids is 1. The van der Waals surface area contributed by atoms with Gasteiger partial charge >= 0.3 is 0 Å². The Morgan fingerprint density at radius 2 is 2.00 bits per heavy atom. The smallest absolute Gasteiger partial charge is 0.240 e. The number of amides is 1. The first-order valence-electron chi connectivity index (χ1n) is 7.69. The molecule has 1 saturated heterocycles. The average molecular weight is 312 g/mol. The zero-order valence-corrected chi connectivity index (χ0v) is 13.6. The molecule has 0 aromatic carbocycles. The quantitative estimate of drug-likeness (QED) is 0.805.